The summed E-state index contributed by atoms with van der Waals surface area (Å²) in [7, 11) is 0.727. The van der Waals surface area contributed by atoms with E-state index >= 15 is 0 Å². The Morgan fingerprint density at radius 1 is 1.53 bits per heavy atom. The molecule has 4 nitrogen and oxygen atoms in total. The summed E-state index contributed by atoms with van der Waals surface area (Å²) in [5.74, 6) is 0.744. The Labute approximate surface area is 93.7 Å². The summed E-state index contributed by atoms with van der Waals surface area (Å²) in [4.78, 5) is 3.46. The van der Waals surface area contributed by atoms with Crippen LogP contribution in [-0.2, 0) is 11.3 Å². The van der Waals surface area contributed by atoms with Crippen LogP contribution in [0.25, 0.3) is 0 Å². The lowest BCUT2D eigenvalue weighted by Crippen LogP contribution is -2.35. The van der Waals surface area contributed by atoms with Crippen molar-refractivity contribution in [1.82, 2.24) is 4.90 Å². The number of hydrogen-bond acceptors (Lipinski definition) is 5. The lowest BCUT2D eigenvalue weighted by Gasteiger charge is -2.26. The van der Waals surface area contributed by atoms with Gasteiger partial charge in [-0.1, -0.05) is 0 Å². The molecule has 0 atom stereocenters. The minimum atomic E-state index is 0.727. The highest BCUT2D eigenvalue weighted by molar-refractivity contribution is 7.10. The van der Waals surface area contributed by atoms with Crippen molar-refractivity contribution in [1.29, 1.82) is 0 Å². The summed E-state index contributed by atoms with van der Waals surface area (Å²) in [6.07, 6.45) is 0. The van der Waals surface area contributed by atoms with Crippen LogP contribution in [0.15, 0.2) is 11.4 Å². The lowest BCUT2D eigenvalue weighted by molar-refractivity contribution is 0.0344. The third-order valence-corrected chi connectivity index (χ3v) is 3.24. The van der Waals surface area contributed by atoms with Gasteiger partial charge in [-0.25, -0.2) is 0 Å². The first-order chi connectivity index (χ1) is 7.40. The van der Waals surface area contributed by atoms with Gasteiger partial charge in [0.1, 0.15) is 5.75 Å². The highest BCUT2D eigenvalue weighted by Gasteiger charge is 2.14. The lowest BCUT2D eigenvalue weighted by atomic mass is 10.3. The van der Waals surface area contributed by atoms with Gasteiger partial charge < -0.3 is 14.4 Å². The second-order valence-corrected chi connectivity index (χ2v) is 4.32. The molecule has 0 bridgehead atoms. The second kappa shape index (κ2) is 5.51. The van der Waals surface area contributed by atoms with Crippen molar-refractivity contribution in [3.63, 3.8) is 0 Å². The molecule has 2 heterocycles. The van der Waals surface area contributed by atoms with Crippen molar-refractivity contribution in [3.05, 3.63) is 16.3 Å². The maximum absolute atomic E-state index is 8.59. The number of morpholine rings is 1. The van der Waals surface area contributed by atoms with E-state index in [1.807, 2.05) is 11.4 Å². The average Bonchev–Trinajstić information content (AvgIpc) is 2.68. The highest BCUT2D eigenvalue weighted by Crippen LogP contribution is 2.26. The number of ether oxygens (including phenoxy) is 1. The van der Waals surface area contributed by atoms with Crippen LogP contribution in [0.3, 0.4) is 0 Å². The van der Waals surface area contributed by atoms with Gasteiger partial charge in [-0.2, -0.15) is 0 Å². The molecule has 0 amide bonds. The van der Waals surface area contributed by atoms with Crippen LogP contribution < -0.4 is 4.65 Å². The molecular weight excluding hydrogens is 213 g/mol. The molecule has 81 valence electrons. The Morgan fingerprint density at radius 3 is 3.07 bits per heavy atom. The summed E-state index contributed by atoms with van der Waals surface area (Å²) >= 11 is 1.64. The molecule has 1 fully saturated rings. The molecule has 0 aromatic carbocycles. The molecule has 1 aliphatic heterocycles. The maximum Gasteiger partial charge on any atom is 0.569 e. The van der Waals surface area contributed by atoms with Gasteiger partial charge in [0.25, 0.3) is 0 Å². The molecule has 1 N–H and O–H groups in total. The smallest absolute Gasteiger partial charge is 0.537 e. The van der Waals surface area contributed by atoms with E-state index in [0.29, 0.717) is 0 Å². The molecular formula is C9H13BNO3S. The van der Waals surface area contributed by atoms with Gasteiger partial charge in [0.2, 0.25) is 0 Å². The Balaban J connectivity index is 1.93. The van der Waals surface area contributed by atoms with E-state index in [2.05, 4.69) is 4.90 Å². The third kappa shape index (κ3) is 2.95. The minimum Gasteiger partial charge on any atom is -0.537 e. The zero-order valence-corrected chi connectivity index (χ0v) is 9.20. The van der Waals surface area contributed by atoms with Gasteiger partial charge >= 0.3 is 7.69 Å². The first-order valence-corrected chi connectivity index (χ1v) is 5.77. The van der Waals surface area contributed by atoms with E-state index in [0.717, 1.165) is 51.2 Å². The van der Waals surface area contributed by atoms with Crippen molar-refractivity contribution in [2.75, 3.05) is 26.3 Å². The van der Waals surface area contributed by atoms with Crippen LogP contribution >= 0.6 is 11.3 Å². The molecule has 0 aliphatic carbocycles. The van der Waals surface area contributed by atoms with E-state index in [9.17, 15) is 0 Å². The molecule has 1 radical (unpaired) electrons. The van der Waals surface area contributed by atoms with Gasteiger partial charge in [0.15, 0.2) is 0 Å². The van der Waals surface area contributed by atoms with Crippen molar-refractivity contribution < 1.29 is 14.4 Å². The third-order valence-electron chi connectivity index (χ3n) is 2.36. The van der Waals surface area contributed by atoms with Gasteiger partial charge in [-0.15, -0.1) is 11.3 Å². The molecule has 0 saturated carbocycles. The predicted molar refractivity (Wildman–Crippen MR) is 59.0 cm³/mol. The summed E-state index contributed by atoms with van der Waals surface area (Å²) in [6, 6.07) is 1.87. The van der Waals surface area contributed by atoms with E-state index in [-0.39, 0.29) is 0 Å². The zero-order chi connectivity index (χ0) is 10.5. The molecule has 15 heavy (non-hydrogen) atoms. The van der Waals surface area contributed by atoms with Crippen molar-refractivity contribution in [3.8, 4) is 5.75 Å². The molecule has 1 saturated heterocycles. The first kappa shape index (κ1) is 10.9. The van der Waals surface area contributed by atoms with Gasteiger partial charge in [-0.3, -0.25) is 4.90 Å². The fourth-order valence-electron chi connectivity index (χ4n) is 1.57. The van der Waals surface area contributed by atoms with E-state index < -0.39 is 0 Å². The first-order valence-electron chi connectivity index (χ1n) is 4.89. The van der Waals surface area contributed by atoms with Gasteiger partial charge in [-0.05, 0) is 11.4 Å². The summed E-state index contributed by atoms with van der Waals surface area (Å²) in [6.45, 7) is 4.38. The molecule has 1 aliphatic rings. The Hall–Kier alpha value is -0.555. The monoisotopic (exact) mass is 226 g/mol. The van der Waals surface area contributed by atoms with E-state index in [1.54, 1.807) is 11.3 Å². The molecule has 6 heteroatoms. The SMILES string of the molecule is O[B]Oc1ccsc1CN1CCOCC1. The highest BCUT2D eigenvalue weighted by atomic mass is 32.1. The minimum absolute atomic E-state index is 0.727. The van der Waals surface area contributed by atoms with Gasteiger partial charge in [0, 0.05) is 19.6 Å². The van der Waals surface area contributed by atoms with Crippen LogP contribution in [0.4, 0.5) is 0 Å². The van der Waals surface area contributed by atoms with Crippen molar-refractivity contribution in [2.45, 2.75) is 6.54 Å². The molecule has 0 unspecified atom stereocenters. The standard InChI is InChI=1S/C9H13BNO3S/c12-10-14-8-1-6-15-9(8)7-11-2-4-13-5-3-11/h1,6,12H,2-5,7H2. The fraction of sp³-hybridized carbons (Fsp3) is 0.556. The predicted octanol–water partition coefficient (Wildman–Crippen LogP) is 0.486. The van der Waals surface area contributed by atoms with E-state index in [1.165, 1.54) is 0 Å². The van der Waals surface area contributed by atoms with Crippen molar-refractivity contribution in [2.24, 2.45) is 0 Å². The van der Waals surface area contributed by atoms with Crippen LogP contribution in [-0.4, -0.2) is 43.9 Å². The van der Waals surface area contributed by atoms with E-state index in [4.69, 9.17) is 14.4 Å². The quantitative estimate of drug-likeness (QED) is 0.758. The zero-order valence-electron chi connectivity index (χ0n) is 8.39. The Kier molecular flexibility index (Phi) is 4.02. The summed E-state index contributed by atoms with van der Waals surface area (Å²) in [5, 5.41) is 10.6. The topological polar surface area (TPSA) is 41.9 Å². The average molecular weight is 226 g/mol. The molecule has 1 aromatic rings. The Bertz CT molecular complexity index is 301. The number of hydrogen-bond donors (Lipinski definition) is 1. The van der Waals surface area contributed by atoms with Crippen molar-refractivity contribution >= 4 is 19.0 Å². The fourth-order valence-corrected chi connectivity index (χ4v) is 2.41. The number of thiophene rings is 1. The summed E-state index contributed by atoms with van der Waals surface area (Å²) < 4.78 is 10.3. The normalized spacial score (nSPS) is 17.7. The van der Waals surface area contributed by atoms with Crippen LogP contribution in [0, 0.1) is 0 Å². The largest absolute Gasteiger partial charge is 0.569 e. The second-order valence-electron chi connectivity index (χ2n) is 3.32. The molecule has 2 rings (SSSR count). The number of rotatable bonds is 4. The van der Waals surface area contributed by atoms with Crippen LogP contribution in [0.2, 0.25) is 0 Å². The molecule has 0 spiro atoms. The number of nitrogens with zero attached hydrogens (tertiary/aromatic N) is 1. The molecule has 1 aromatic heterocycles. The van der Waals surface area contributed by atoms with Crippen LogP contribution in [0.1, 0.15) is 4.88 Å². The van der Waals surface area contributed by atoms with Crippen LogP contribution in [0.5, 0.6) is 5.75 Å². The Morgan fingerprint density at radius 2 is 2.33 bits per heavy atom. The van der Waals surface area contributed by atoms with Gasteiger partial charge in [0.05, 0.1) is 18.1 Å². The maximum atomic E-state index is 8.59. The summed E-state index contributed by atoms with van der Waals surface area (Å²) in [5.41, 5.74) is 0.